The fraction of sp³-hybridized carbons (Fsp3) is 0.304. The van der Waals surface area contributed by atoms with Crippen LogP contribution in [0.2, 0.25) is 0 Å². The predicted molar refractivity (Wildman–Crippen MR) is 136 cm³/mol. The third-order valence-corrected chi connectivity index (χ3v) is 8.36. The number of carboxylic acids is 1. The minimum atomic E-state index is -4.05. The lowest BCUT2D eigenvalue weighted by Crippen LogP contribution is -2.41. The van der Waals surface area contributed by atoms with Crippen LogP contribution in [0, 0.1) is 0 Å². The monoisotopic (exact) mass is 535 g/mol. The summed E-state index contributed by atoms with van der Waals surface area (Å²) in [6.07, 6.45) is 0.120. The molecule has 12 heteroatoms. The molecule has 0 aliphatic rings. The van der Waals surface area contributed by atoms with Crippen LogP contribution in [-0.2, 0) is 25.4 Å². The molecule has 3 aromatic rings. The average Bonchev–Trinajstić information content (AvgIpc) is 3.28. The number of carbonyl (C=O) groups is 3. The van der Waals surface area contributed by atoms with E-state index >= 15 is 0 Å². The molecule has 9 nitrogen and oxygen atoms in total. The van der Waals surface area contributed by atoms with Gasteiger partial charge in [0.1, 0.15) is 5.78 Å². The fourth-order valence-electron chi connectivity index (χ4n) is 3.17. The summed E-state index contributed by atoms with van der Waals surface area (Å²) in [6.45, 7) is 1.66. The first-order chi connectivity index (χ1) is 16.7. The number of ketones is 1. The Morgan fingerprint density at radius 3 is 2.71 bits per heavy atom. The quantitative estimate of drug-likeness (QED) is 0.284. The molecule has 1 atom stereocenters. The highest BCUT2D eigenvalue weighted by Gasteiger charge is 2.25. The zero-order valence-corrected chi connectivity index (χ0v) is 21.3. The summed E-state index contributed by atoms with van der Waals surface area (Å²) in [7, 11) is -4.05. The molecule has 0 bridgehead atoms. The van der Waals surface area contributed by atoms with Crippen LogP contribution in [0.15, 0.2) is 52.9 Å². The molecular formula is C23H25N3O6S3. The number of Topliss-reactive ketones (excluding diaryl/α,β-unsaturated/α-hetero) is 1. The van der Waals surface area contributed by atoms with Crippen molar-refractivity contribution >= 4 is 61.0 Å². The Hall–Kier alpha value is -2.80. The minimum absolute atomic E-state index is 0.0302. The number of benzene rings is 2. The second-order valence-electron chi connectivity index (χ2n) is 7.73. The average molecular weight is 536 g/mol. The van der Waals surface area contributed by atoms with E-state index in [4.69, 9.17) is 5.11 Å². The van der Waals surface area contributed by atoms with Crippen LogP contribution < -0.4 is 10.0 Å². The number of carbonyl (C=O) groups excluding carboxylic acids is 2. The van der Waals surface area contributed by atoms with Crippen molar-refractivity contribution < 1.29 is 27.9 Å². The van der Waals surface area contributed by atoms with Gasteiger partial charge < -0.3 is 10.4 Å². The summed E-state index contributed by atoms with van der Waals surface area (Å²) < 4.78 is 28.4. The molecule has 3 N–H and O–H groups in total. The van der Waals surface area contributed by atoms with Gasteiger partial charge >= 0.3 is 5.97 Å². The van der Waals surface area contributed by atoms with Crippen LogP contribution in [0.25, 0.3) is 10.2 Å². The van der Waals surface area contributed by atoms with Gasteiger partial charge in [-0.3, -0.25) is 14.4 Å². The first kappa shape index (κ1) is 26.8. The number of nitrogens with zero attached hydrogens (tertiary/aromatic N) is 1. The van der Waals surface area contributed by atoms with Gasteiger partial charge in [0.05, 0.1) is 33.1 Å². The van der Waals surface area contributed by atoms with Crippen LogP contribution in [0.3, 0.4) is 0 Å². The molecule has 0 fully saturated rings. The summed E-state index contributed by atoms with van der Waals surface area (Å²) in [6, 6.07) is 10.4. The van der Waals surface area contributed by atoms with E-state index in [0.29, 0.717) is 17.9 Å². The van der Waals surface area contributed by atoms with Crippen molar-refractivity contribution in [1.29, 1.82) is 0 Å². The number of thioether (sulfide) groups is 1. The minimum Gasteiger partial charge on any atom is -0.481 e. The lowest BCUT2D eigenvalue weighted by molar-refractivity contribution is -0.139. The highest BCUT2D eigenvalue weighted by molar-refractivity contribution is 7.98. The molecule has 0 unspecified atom stereocenters. The lowest BCUT2D eigenvalue weighted by atomic mass is 10.1. The van der Waals surface area contributed by atoms with Crippen molar-refractivity contribution in [1.82, 2.24) is 15.0 Å². The standard InChI is InChI=1S/C23H25N3O6S3/c1-15(27)20(12-22(28)29)26-35(31,32)18-5-2-4-16(10-18)13-33-9-3-8-24-23(30)17-6-7-19-21(11-17)34-14-25-19/h2,4-7,10-11,14,20,26H,3,8-9,12-13H2,1H3,(H,24,30)(H,28,29)/t20-/m0/s1. The van der Waals surface area contributed by atoms with E-state index < -0.39 is 34.2 Å². The summed E-state index contributed by atoms with van der Waals surface area (Å²) in [5, 5.41) is 11.8. The Balaban J connectivity index is 1.45. The topological polar surface area (TPSA) is 143 Å². The zero-order chi connectivity index (χ0) is 25.4. The highest BCUT2D eigenvalue weighted by atomic mass is 32.2. The molecule has 0 aliphatic carbocycles. The van der Waals surface area contributed by atoms with Gasteiger partial charge in [0.15, 0.2) is 0 Å². The number of hydrogen-bond donors (Lipinski definition) is 3. The third kappa shape index (κ3) is 7.85. The Kier molecular flexibility index (Phi) is 9.38. The molecule has 186 valence electrons. The Morgan fingerprint density at radius 2 is 1.97 bits per heavy atom. The van der Waals surface area contributed by atoms with Crippen LogP contribution in [0.1, 0.15) is 35.7 Å². The van der Waals surface area contributed by atoms with E-state index in [0.717, 1.165) is 34.9 Å². The summed E-state index contributed by atoms with van der Waals surface area (Å²) in [5.41, 5.74) is 3.98. The summed E-state index contributed by atoms with van der Waals surface area (Å²) in [5.74, 6) is -0.657. The number of nitrogens with one attached hydrogen (secondary N) is 2. The molecule has 0 aliphatic heterocycles. The maximum absolute atomic E-state index is 12.6. The van der Waals surface area contributed by atoms with Crippen LogP contribution >= 0.6 is 23.1 Å². The third-order valence-electron chi connectivity index (χ3n) is 4.99. The van der Waals surface area contributed by atoms with Crippen LogP contribution in [-0.4, -0.2) is 54.5 Å². The van der Waals surface area contributed by atoms with E-state index in [1.165, 1.54) is 23.5 Å². The van der Waals surface area contributed by atoms with Crippen molar-refractivity contribution in [3.8, 4) is 0 Å². The molecule has 0 saturated heterocycles. The second kappa shape index (κ2) is 12.2. The maximum atomic E-state index is 12.6. The number of aromatic nitrogens is 1. The molecule has 3 rings (SSSR count). The Labute approximate surface area is 211 Å². The highest BCUT2D eigenvalue weighted by Crippen LogP contribution is 2.20. The molecule has 35 heavy (non-hydrogen) atoms. The van der Waals surface area contributed by atoms with Crippen molar-refractivity contribution in [2.24, 2.45) is 0 Å². The number of amides is 1. The number of thiazole rings is 1. The molecule has 0 spiro atoms. The number of sulfonamides is 1. The smallest absolute Gasteiger partial charge is 0.305 e. The predicted octanol–water partition coefficient (Wildman–Crippen LogP) is 3.06. The molecule has 1 amide bonds. The van der Waals surface area contributed by atoms with Crippen LogP contribution in [0.5, 0.6) is 0 Å². The number of carboxylic acid groups (broad SMARTS) is 1. The first-order valence-electron chi connectivity index (χ1n) is 10.7. The number of rotatable bonds is 13. The van der Waals surface area contributed by atoms with Gasteiger partial charge in [-0.05, 0) is 55.0 Å². The molecule has 0 saturated carbocycles. The van der Waals surface area contributed by atoms with Gasteiger partial charge in [0.2, 0.25) is 10.0 Å². The molecule has 0 radical (unpaired) electrons. The number of hydrogen-bond acceptors (Lipinski definition) is 8. The second-order valence-corrected chi connectivity index (χ2v) is 11.4. The largest absolute Gasteiger partial charge is 0.481 e. The maximum Gasteiger partial charge on any atom is 0.305 e. The molecule has 1 heterocycles. The number of fused-ring (bicyclic) bond motifs is 1. The van der Waals surface area contributed by atoms with Gasteiger partial charge in [-0.15, -0.1) is 11.3 Å². The molecular weight excluding hydrogens is 510 g/mol. The summed E-state index contributed by atoms with van der Waals surface area (Å²) >= 11 is 3.08. The number of aliphatic carboxylic acids is 1. The summed E-state index contributed by atoms with van der Waals surface area (Å²) in [4.78, 5) is 39.0. The van der Waals surface area contributed by atoms with Gasteiger partial charge in [0, 0.05) is 17.9 Å². The van der Waals surface area contributed by atoms with Crippen molar-refractivity contribution in [2.45, 2.75) is 36.5 Å². The Bertz CT molecular complexity index is 1320. The van der Waals surface area contributed by atoms with Crippen molar-refractivity contribution in [3.05, 3.63) is 59.1 Å². The zero-order valence-electron chi connectivity index (χ0n) is 18.9. The van der Waals surface area contributed by atoms with E-state index in [1.807, 2.05) is 12.1 Å². The van der Waals surface area contributed by atoms with E-state index in [-0.39, 0.29) is 10.8 Å². The molecule has 2 aromatic carbocycles. The normalized spacial score (nSPS) is 12.4. The first-order valence-corrected chi connectivity index (χ1v) is 14.2. The SMILES string of the molecule is CC(=O)[C@H](CC(=O)O)NS(=O)(=O)c1cccc(CSCCCNC(=O)c2ccc3ncsc3c2)c1. The van der Waals surface area contributed by atoms with Gasteiger partial charge in [-0.2, -0.15) is 11.8 Å². The molecule has 1 aromatic heterocycles. The Morgan fingerprint density at radius 1 is 1.17 bits per heavy atom. The van der Waals surface area contributed by atoms with E-state index in [1.54, 1.807) is 35.5 Å². The van der Waals surface area contributed by atoms with Gasteiger partial charge in [-0.25, -0.2) is 18.1 Å². The van der Waals surface area contributed by atoms with Gasteiger partial charge in [0.25, 0.3) is 5.91 Å². The van der Waals surface area contributed by atoms with Crippen molar-refractivity contribution in [3.63, 3.8) is 0 Å². The van der Waals surface area contributed by atoms with Crippen LogP contribution in [0.4, 0.5) is 0 Å². The fourth-order valence-corrected chi connectivity index (χ4v) is 6.11. The van der Waals surface area contributed by atoms with Crippen molar-refractivity contribution in [2.75, 3.05) is 12.3 Å². The van der Waals surface area contributed by atoms with Gasteiger partial charge in [-0.1, -0.05) is 12.1 Å². The van der Waals surface area contributed by atoms with E-state index in [9.17, 15) is 22.8 Å². The van der Waals surface area contributed by atoms with E-state index in [2.05, 4.69) is 15.0 Å². The lowest BCUT2D eigenvalue weighted by Gasteiger charge is -2.14.